The standard InChI is InChI=1S/C14H18N2O2/c1-3-6-10(4-2)16-9-15-12-8-5-7-11(13(12)16)14(17)18/h5,7-10H,3-4,6H2,1-2H3,(H,17,18). The number of para-hydroxylation sites is 1. The van der Waals surface area contributed by atoms with Gasteiger partial charge >= 0.3 is 5.97 Å². The fourth-order valence-corrected chi connectivity index (χ4v) is 2.41. The van der Waals surface area contributed by atoms with E-state index in [4.69, 9.17) is 0 Å². The Bertz CT molecular complexity index is 560. The second-order valence-electron chi connectivity index (χ2n) is 4.48. The van der Waals surface area contributed by atoms with Gasteiger partial charge in [0.25, 0.3) is 0 Å². The van der Waals surface area contributed by atoms with E-state index in [2.05, 4.69) is 18.8 Å². The zero-order valence-corrected chi connectivity index (χ0v) is 10.8. The van der Waals surface area contributed by atoms with Gasteiger partial charge < -0.3 is 9.67 Å². The second-order valence-corrected chi connectivity index (χ2v) is 4.48. The molecule has 18 heavy (non-hydrogen) atoms. The van der Waals surface area contributed by atoms with Crippen LogP contribution in [0.4, 0.5) is 0 Å². The van der Waals surface area contributed by atoms with Crippen LogP contribution in [0.3, 0.4) is 0 Å². The minimum absolute atomic E-state index is 0.320. The first-order chi connectivity index (χ1) is 8.69. The largest absolute Gasteiger partial charge is 0.478 e. The van der Waals surface area contributed by atoms with Crippen molar-refractivity contribution < 1.29 is 9.90 Å². The van der Waals surface area contributed by atoms with E-state index in [1.54, 1.807) is 18.5 Å². The van der Waals surface area contributed by atoms with E-state index >= 15 is 0 Å². The van der Waals surface area contributed by atoms with Gasteiger partial charge in [-0.15, -0.1) is 0 Å². The highest BCUT2D eigenvalue weighted by molar-refractivity contribution is 6.01. The van der Waals surface area contributed by atoms with Gasteiger partial charge in [0.05, 0.1) is 22.9 Å². The topological polar surface area (TPSA) is 55.1 Å². The van der Waals surface area contributed by atoms with Gasteiger partial charge in [-0.3, -0.25) is 0 Å². The van der Waals surface area contributed by atoms with E-state index in [0.717, 1.165) is 30.3 Å². The van der Waals surface area contributed by atoms with Crippen LogP contribution in [-0.4, -0.2) is 20.6 Å². The lowest BCUT2D eigenvalue weighted by Gasteiger charge is -2.17. The first-order valence-electron chi connectivity index (χ1n) is 6.37. The van der Waals surface area contributed by atoms with Crippen molar-refractivity contribution in [3.8, 4) is 0 Å². The van der Waals surface area contributed by atoms with Crippen molar-refractivity contribution in [2.24, 2.45) is 0 Å². The molecule has 1 unspecified atom stereocenters. The molecule has 0 amide bonds. The number of carboxylic acids is 1. The number of aromatic nitrogens is 2. The molecule has 1 aromatic carbocycles. The Balaban J connectivity index is 2.60. The summed E-state index contributed by atoms with van der Waals surface area (Å²) in [5.41, 5.74) is 1.83. The molecule has 1 atom stereocenters. The second kappa shape index (κ2) is 5.21. The summed E-state index contributed by atoms with van der Waals surface area (Å²) in [6.07, 6.45) is 4.86. The highest BCUT2D eigenvalue weighted by Gasteiger charge is 2.17. The summed E-state index contributed by atoms with van der Waals surface area (Å²) in [4.78, 5) is 15.6. The molecule has 2 rings (SSSR count). The molecule has 2 aromatic rings. The van der Waals surface area contributed by atoms with Crippen molar-refractivity contribution in [2.75, 3.05) is 0 Å². The molecular formula is C14H18N2O2. The summed E-state index contributed by atoms with van der Waals surface area (Å²) in [6, 6.07) is 5.56. The summed E-state index contributed by atoms with van der Waals surface area (Å²) in [5.74, 6) is -0.895. The quantitative estimate of drug-likeness (QED) is 0.878. The van der Waals surface area contributed by atoms with Crippen LogP contribution in [0, 0.1) is 0 Å². The summed E-state index contributed by atoms with van der Waals surface area (Å²) in [5, 5.41) is 9.27. The number of imidazole rings is 1. The molecule has 0 aliphatic rings. The zero-order valence-electron chi connectivity index (χ0n) is 10.8. The van der Waals surface area contributed by atoms with Crippen LogP contribution in [0.15, 0.2) is 24.5 Å². The molecule has 4 nitrogen and oxygen atoms in total. The molecule has 0 aliphatic carbocycles. The first kappa shape index (κ1) is 12.6. The Morgan fingerprint density at radius 3 is 2.83 bits per heavy atom. The minimum atomic E-state index is -0.895. The molecule has 0 spiro atoms. The predicted octanol–water partition coefficient (Wildman–Crippen LogP) is 3.49. The first-order valence-corrected chi connectivity index (χ1v) is 6.37. The maximum Gasteiger partial charge on any atom is 0.337 e. The third-order valence-electron chi connectivity index (χ3n) is 3.31. The lowest BCUT2D eigenvalue weighted by atomic mass is 10.1. The van der Waals surface area contributed by atoms with Crippen LogP contribution in [0.1, 0.15) is 49.5 Å². The van der Waals surface area contributed by atoms with E-state index in [9.17, 15) is 9.90 Å². The van der Waals surface area contributed by atoms with Crippen molar-refractivity contribution in [3.63, 3.8) is 0 Å². The monoisotopic (exact) mass is 246 g/mol. The molecule has 0 bridgehead atoms. The van der Waals surface area contributed by atoms with E-state index in [-0.39, 0.29) is 0 Å². The average molecular weight is 246 g/mol. The SMILES string of the molecule is CCCC(CC)n1cnc2cccc(C(=O)O)c21. The number of aromatic carboxylic acids is 1. The number of carbonyl (C=O) groups is 1. The fraction of sp³-hybridized carbons (Fsp3) is 0.429. The normalized spacial score (nSPS) is 12.8. The van der Waals surface area contributed by atoms with E-state index in [0.29, 0.717) is 11.6 Å². The van der Waals surface area contributed by atoms with Crippen molar-refractivity contribution in [3.05, 3.63) is 30.1 Å². The molecular weight excluding hydrogens is 228 g/mol. The Kier molecular flexibility index (Phi) is 3.65. The molecule has 0 radical (unpaired) electrons. The van der Waals surface area contributed by atoms with Gasteiger partial charge in [0.2, 0.25) is 0 Å². The lowest BCUT2D eigenvalue weighted by molar-refractivity contribution is 0.0698. The Labute approximate surface area is 106 Å². The summed E-state index contributed by atoms with van der Waals surface area (Å²) >= 11 is 0. The van der Waals surface area contributed by atoms with Crippen molar-refractivity contribution in [2.45, 2.75) is 39.2 Å². The van der Waals surface area contributed by atoms with Gasteiger partial charge in [0.1, 0.15) is 0 Å². The zero-order chi connectivity index (χ0) is 13.1. The summed E-state index contributed by atoms with van der Waals surface area (Å²) in [6.45, 7) is 4.26. The molecule has 0 saturated heterocycles. The van der Waals surface area contributed by atoms with E-state index in [1.165, 1.54) is 0 Å². The molecule has 0 fully saturated rings. The molecule has 0 saturated carbocycles. The molecule has 0 aliphatic heterocycles. The maximum absolute atomic E-state index is 11.3. The van der Waals surface area contributed by atoms with Gasteiger partial charge in [-0.25, -0.2) is 9.78 Å². The molecule has 1 heterocycles. The van der Waals surface area contributed by atoms with Crippen LogP contribution in [0.25, 0.3) is 11.0 Å². The number of fused-ring (bicyclic) bond motifs is 1. The third kappa shape index (κ3) is 2.10. The van der Waals surface area contributed by atoms with E-state index < -0.39 is 5.97 Å². The predicted molar refractivity (Wildman–Crippen MR) is 70.9 cm³/mol. The third-order valence-corrected chi connectivity index (χ3v) is 3.31. The number of carboxylic acid groups (broad SMARTS) is 1. The summed E-state index contributed by atoms with van der Waals surface area (Å²) in [7, 11) is 0. The highest BCUT2D eigenvalue weighted by atomic mass is 16.4. The smallest absolute Gasteiger partial charge is 0.337 e. The van der Waals surface area contributed by atoms with Gasteiger partial charge in [0.15, 0.2) is 0 Å². The number of hydrogen-bond acceptors (Lipinski definition) is 2. The molecule has 1 N–H and O–H groups in total. The van der Waals surface area contributed by atoms with Crippen LogP contribution >= 0.6 is 0 Å². The van der Waals surface area contributed by atoms with Gasteiger partial charge in [-0.2, -0.15) is 0 Å². The maximum atomic E-state index is 11.3. The number of rotatable bonds is 5. The molecule has 4 heteroatoms. The number of hydrogen-bond donors (Lipinski definition) is 1. The van der Waals surface area contributed by atoms with Crippen LogP contribution in [-0.2, 0) is 0 Å². The minimum Gasteiger partial charge on any atom is -0.478 e. The van der Waals surface area contributed by atoms with Crippen molar-refractivity contribution >= 4 is 17.0 Å². The molecule has 1 aromatic heterocycles. The van der Waals surface area contributed by atoms with Crippen LogP contribution in [0.2, 0.25) is 0 Å². The average Bonchev–Trinajstić information content (AvgIpc) is 2.79. The molecule has 96 valence electrons. The summed E-state index contributed by atoms with van der Waals surface area (Å²) < 4.78 is 2.02. The number of benzene rings is 1. The van der Waals surface area contributed by atoms with Crippen molar-refractivity contribution in [1.29, 1.82) is 0 Å². The Hall–Kier alpha value is -1.84. The Morgan fingerprint density at radius 1 is 1.44 bits per heavy atom. The van der Waals surface area contributed by atoms with Gasteiger partial charge in [-0.1, -0.05) is 26.3 Å². The van der Waals surface area contributed by atoms with Gasteiger partial charge in [-0.05, 0) is 25.0 Å². The van der Waals surface area contributed by atoms with Crippen LogP contribution in [0.5, 0.6) is 0 Å². The fourth-order valence-electron chi connectivity index (χ4n) is 2.41. The Morgan fingerprint density at radius 2 is 2.22 bits per heavy atom. The van der Waals surface area contributed by atoms with Crippen LogP contribution < -0.4 is 0 Å². The van der Waals surface area contributed by atoms with E-state index in [1.807, 2.05) is 10.6 Å². The van der Waals surface area contributed by atoms with Crippen molar-refractivity contribution in [1.82, 2.24) is 9.55 Å². The highest BCUT2D eigenvalue weighted by Crippen LogP contribution is 2.26. The van der Waals surface area contributed by atoms with Gasteiger partial charge in [0, 0.05) is 6.04 Å². The lowest BCUT2D eigenvalue weighted by Crippen LogP contribution is -2.09. The number of nitrogens with zero attached hydrogens (tertiary/aromatic N) is 2.